The minimum Gasteiger partial charge on any atom is -0.354 e. The Bertz CT molecular complexity index is 1050. The fourth-order valence-corrected chi connectivity index (χ4v) is 3.91. The highest BCUT2D eigenvalue weighted by Gasteiger charge is 2.09. The van der Waals surface area contributed by atoms with E-state index in [1.165, 1.54) is 0 Å². The zero-order valence-electron chi connectivity index (χ0n) is 21.4. The van der Waals surface area contributed by atoms with Crippen molar-refractivity contribution in [3.8, 4) is 0 Å². The number of hydrogen-bond donors (Lipinski definition) is 5. The van der Waals surface area contributed by atoms with E-state index in [-0.39, 0.29) is 5.69 Å². The third-order valence-electron chi connectivity index (χ3n) is 6.06. The van der Waals surface area contributed by atoms with Gasteiger partial charge in [0.05, 0.1) is 11.0 Å². The van der Waals surface area contributed by atoms with Gasteiger partial charge in [0.2, 0.25) is 17.8 Å². The van der Waals surface area contributed by atoms with E-state index in [9.17, 15) is 4.79 Å². The minimum absolute atomic E-state index is 0.232. The minimum atomic E-state index is -0.232. The smallest absolute Gasteiger partial charge is 0.323 e. The van der Waals surface area contributed by atoms with Crippen molar-refractivity contribution in [2.24, 2.45) is 0 Å². The summed E-state index contributed by atoms with van der Waals surface area (Å²) >= 11 is 0. The van der Waals surface area contributed by atoms with Gasteiger partial charge in [0.25, 0.3) is 0 Å². The molecule has 11 nitrogen and oxygen atoms in total. The Balaban J connectivity index is 1.68. The lowest BCUT2D eigenvalue weighted by atomic mass is 10.3. The monoisotopic (exact) mass is 484 g/mol. The maximum Gasteiger partial charge on any atom is 0.323 e. The highest BCUT2D eigenvalue weighted by atomic mass is 16.1. The summed E-state index contributed by atoms with van der Waals surface area (Å²) in [5.74, 6) is 1.50. The molecule has 0 aliphatic carbocycles. The molecule has 35 heavy (non-hydrogen) atoms. The number of aromatic nitrogens is 5. The maximum absolute atomic E-state index is 11.6. The Morgan fingerprint density at radius 3 is 1.80 bits per heavy atom. The summed E-state index contributed by atoms with van der Waals surface area (Å²) < 4.78 is 0. The number of fused-ring (bicyclic) bond motifs is 1. The lowest BCUT2D eigenvalue weighted by Gasteiger charge is -2.18. The maximum atomic E-state index is 11.6. The van der Waals surface area contributed by atoms with Gasteiger partial charge in [-0.05, 0) is 70.3 Å². The summed E-state index contributed by atoms with van der Waals surface area (Å²) in [7, 11) is 0. The van der Waals surface area contributed by atoms with E-state index in [1.54, 1.807) is 0 Å². The van der Waals surface area contributed by atoms with Gasteiger partial charge in [-0.2, -0.15) is 15.0 Å². The normalized spacial score (nSPS) is 11.5. The molecular weight excluding hydrogens is 444 g/mol. The van der Waals surface area contributed by atoms with E-state index in [0.29, 0.717) is 17.8 Å². The molecular formula is C24H40N10O. The van der Waals surface area contributed by atoms with Crippen LogP contribution < -0.4 is 21.6 Å². The molecule has 0 saturated heterocycles. The van der Waals surface area contributed by atoms with Gasteiger partial charge in [-0.15, -0.1) is 0 Å². The molecule has 2 aromatic heterocycles. The second kappa shape index (κ2) is 13.6. The predicted molar refractivity (Wildman–Crippen MR) is 144 cm³/mol. The molecule has 0 fully saturated rings. The van der Waals surface area contributed by atoms with Crippen LogP contribution in [-0.2, 0) is 0 Å². The summed E-state index contributed by atoms with van der Waals surface area (Å²) in [5.41, 5.74) is 2.02. The van der Waals surface area contributed by atoms with Crippen molar-refractivity contribution in [2.75, 3.05) is 68.3 Å². The van der Waals surface area contributed by atoms with Crippen molar-refractivity contribution >= 4 is 34.6 Å². The van der Waals surface area contributed by atoms with Crippen LogP contribution >= 0.6 is 0 Å². The first-order chi connectivity index (χ1) is 17.0. The highest BCUT2D eigenvalue weighted by Crippen LogP contribution is 2.19. The molecule has 0 aliphatic rings. The Kier molecular flexibility index (Phi) is 10.3. The Hall–Kier alpha value is -3.18. The van der Waals surface area contributed by atoms with Gasteiger partial charge in [0, 0.05) is 18.8 Å². The van der Waals surface area contributed by atoms with Gasteiger partial charge in [-0.3, -0.25) is 0 Å². The molecule has 0 radical (unpaired) electrons. The van der Waals surface area contributed by atoms with E-state index in [1.807, 2.05) is 18.2 Å². The molecule has 0 aliphatic heterocycles. The number of anilines is 4. The quantitative estimate of drug-likeness (QED) is 0.195. The fourth-order valence-electron chi connectivity index (χ4n) is 3.91. The van der Waals surface area contributed by atoms with E-state index in [0.717, 1.165) is 81.9 Å². The number of rotatable bonds is 16. The number of hydrogen-bond acceptors (Lipinski definition) is 9. The molecule has 1 aromatic carbocycles. The number of H-pyrrole nitrogens is 2. The average Bonchev–Trinajstić information content (AvgIpc) is 3.23. The van der Waals surface area contributed by atoms with Crippen molar-refractivity contribution in [2.45, 2.75) is 40.5 Å². The van der Waals surface area contributed by atoms with Crippen LogP contribution in [0.3, 0.4) is 0 Å². The van der Waals surface area contributed by atoms with Gasteiger partial charge in [0.15, 0.2) is 0 Å². The summed E-state index contributed by atoms with van der Waals surface area (Å²) in [6.45, 7) is 16.5. The first kappa shape index (κ1) is 26.4. The van der Waals surface area contributed by atoms with Crippen LogP contribution in [0.4, 0.5) is 23.5 Å². The Morgan fingerprint density at radius 1 is 0.743 bits per heavy atom. The van der Waals surface area contributed by atoms with Crippen LogP contribution in [0.25, 0.3) is 11.0 Å². The lowest BCUT2D eigenvalue weighted by molar-refractivity contribution is 0.303. The average molecular weight is 485 g/mol. The number of benzene rings is 1. The number of nitrogens with zero attached hydrogens (tertiary/aromatic N) is 5. The van der Waals surface area contributed by atoms with E-state index in [2.05, 4.69) is 78.4 Å². The van der Waals surface area contributed by atoms with Crippen molar-refractivity contribution in [3.05, 3.63) is 28.7 Å². The topological polar surface area (TPSA) is 130 Å². The third kappa shape index (κ3) is 8.22. The molecule has 0 bridgehead atoms. The molecule has 5 N–H and O–H groups in total. The van der Waals surface area contributed by atoms with Crippen LogP contribution in [0.5, 0.6) is 0 Å². The lowest BCUT2D eigenvalue weighted by Crippen LogP contribution is -2.26. The van der Waals surface area contributed by atoms with E-state index >= 15 is 0 Å². The SMILES string of the molecule is CCN(CC)CCCNc1nc(NCCCN(CC)CC)nc(Nc2ccc3[nH]c(=O)[nH]c3c2)n1. The van der Waals surface area contributed by atoms with Crippen LogP contribution in [0.2, 0.25) is 0 Å². The Morgan fingerprint density at radius 2 is 1.26 bits per heavy atom. The zero-order valence-corrected chi connectivity index (χ0v) is 21.4. The standard InChI is InChI=1S/C24H40N10O/c1-5-33(6-2)15-9-13-25-21-30-22(26-14-10-16-34(7-3)8-4)32-23(31-21)27-18-11-12-19-20(17-18)29-24(35)28-19/h11-12,17H,5-10,13-16H2,1-4H3,(H2,28,29,35)(H3,25,26,27,30,31,32). The first-order valence-corrected chi connectivity index (χ1v) is 12.7. The molecule has 0 unspecified atom stereocenters. The zero-order chi connectivity index (χ0) is 25.0. The van der Waals surface area contributed by atoms with Crippen LogP contribution in [0, 0.1) is 0 Å². The van der Waals surface area contributed by atoms with Crippen LogP contribution in [0.1, 0.15) is 40.5 Å². The number of nitrogens with one attached hydrogen (secondary N) is 5. The third-order valence-corrected chi connectivity index (χ3v) is 6.06. The van der Waals surface area contributed by atoms with Gasteiger partial charge in [-0.1, -0.05) is 27.7 Å². The molecule has 3 rings (SSSR count). The van der Waals surface area contributed by atoms with Gasteiger partial charge in [0.1, 0.15) is 0 Å². The molecule has 0 spiro atoms. The Labute approximate surface area is 207 Å². The number of imidazole rings is 1. The fraction of sp³-hybridized carbons (Fsp3) is 0.583. The van der Waals surface area contributed by atoms with Crippen molar-refractivity contribution in [1.82, 2.24) is 34.7 Å². The summed E-state index contributed by atoms with van der Waals surface area (Å²) in [6, 6.07) is 5.57. The van der Waals surface area contributed by atoms with E-state index < -0.39 is 0 Å². The van der Waals surface area contributed by atoms with Crippen LogP contribution in [0.15, 0.2) is 23.0 Å². The second-order valence-electron chi connectivity index (χ2n) is 8.39. The van der Waals surface area contributed by atoms with Crippen molar-refractivity contribution < 1.29 is 0 Å². The van der Waals surface area contributed by atoms with Crippen molar-refractivity contribution in [3.63, 3.8) is 0 Å². The molecule has 192 valence electrons. The van der Waals surface area contributed by atoms with Gasteiger partial charge < -0.3 is 35.7 Å². The molecule has 0 atom stereocenters. The summed E-state index contributed by atoms with van der Waals surface area (Å²) in [4.78, 5) is 35.6. The predicted octanol–water partition coefficient (Wildman–Crippen LogP) is 3.07. The molecule has 0 saturated carbocycles. The second-order valence-corrected chi connectivity index (χ2v) is 8.39. The van der Waals surface area contributed by atoms with E-state index in [4.69, 9.17) is 0 Å². The summed E-state index contributed by atoms with van der Waals surface area (Å²) in [6.07, 6.45) is 2.00. The van der Waals surface area contributed by atoms with Gasteiger partial charge >= 0.3 is 5.69 Å². The van der Waals surface area contributed by atoms with Crippen molar-refractivity contribution in [1.29, 1.82) is 0 Å². The van der Waals surface area contributed by atoms with Gasteiger partial charge in [-0.25, -0.2) is 4.79 Å². The van der Waals surface area contributed by atoms with Crippen LogP contribution in [-0.4, -0.2) is 87.1 Å². The molecule has 11 heteroatoms. The highest BCUT2D eigenvalue weighted by molar-refractivity contribution is 5.79. The first-order valence-electron chi connectivity index (χ1n) is 12.7. The number of aromatic amines is 2. The molecule has 0 amide bonds. The molecule has 2 heterocycles. The summed E-state index contributed by atoms with van der Waals surface area (Å²) in [5, 5.41) is 9.94. The largest absolute Gasteiger partial charge is 0.354 e. The molecule has 3 aromatic rings.